The standard InChI is InChI=1S/C39H37N3O/c1-4-32-33-23-24-38(3,37(43)36(33)41-25-15-14-22-35(32)41)26-34-28(2)42(27-40-34)39(29-16-8-5-9-17-29,30-18-10-6-11-19-30)31-20-12-7-13-21-31/h5-22,25,27H,4,23-24,26H2,1-3H3. The molecule has 7 rings (SSSR count). The smallest absolute Gasteiger partial charge is 0.186 e. The van der Waals surface area contributed by atoms with Gasteiger partial charge in [-0.2, -0.15) is 0 Å². The lowest BCUT2D eigenvalue weighted by molar-refractivity contribution is 0.0775. The minimum Gasteiger partial charge on any atom is -0.316 e. The van der Waals surface area contributed by atoms with E-state index >= 15 is 0 Å². The van der Waals surface area contributed by atoms with Crippen molar-refractivity contribution >= 4 is 11.3 Å². The number of carbonyl (C=O) groups excluding carboxylic acids is 1. The number of ketones is 1. The average molecular weight is 564 g/mol. The maximum atomic E-state index is 14.4. The Morgan fingerprint density at radius 3 is 1.93 bits per heavy atom. The van der Waals surface area contributed by atoms with E-state index in [-0.39, 0.29) is 5.78 Å². The third kappa shape index (κ3) is 4.11. The zero-order chi connectivity index (χ0) is 29.6. The van der Waals surface area contributed by atoms with Crippen LogP contribution in [0.3, 0.4) is 0 Å². The molecule has 1 aliphatic rings. The first-order valence-corrected chi connectivity index (χ1v) is 15.3. The third-order valence-electron chi connectivity index (χ3n) is 9.71. The van der Waals surface area contributed by atoms with Crippen LogP contribution in [0, 0.1) is 12.3 Å². The number of imidazole rings is 1. The quantitative estimate of drug-likeness (QED) is 0.184. The Balaban J connectivity index is 1.37. The van der Waals surface area contributed by atoms with E-state index in [9.17, 15) is 4.79 Å². The van der Waals surface area contributed by atoms with Gasteiger partial charge in [0, 0.05) is 29.2 Å². The number of hydrogen-bond donors (Lipinski definition) is 0. The number of hydrogen-bond acceptors (Lipinski definition) is 2. The molecule has 0 radical (unpaired) electrons. The summed E-state index contributed by atoms with van der Waals surface area (Å²) in [5, 5.41) is 0. The number of Topliss-reactive ketones (excluding diaryl/α,β-unsaturated/α-hetero) is 1. The highest BCUT2D eigenvalue weighted by molar-refractivity contribution is 6.03. The highest BCUT2D eigenvalue weighted by Crippen LogP contribution is 2.44. The molecule has 0 bridgehead atoms. The molecule has 3 aromatic carbocycles. The van der Waals surface area contributed by atoms with Crippen LogP contribution in [-0.4, -0.2) is 19.7 Å². The lowest BCUT2D eigenvalue weighted by Crippen LogP contribution is -2.38. The summed E-state index contributed by atoms with van der Waals surface area (Å²) in [6.45, 7) is 6.49. The summed E-state index contributed by atoms with van der Waals surface area (Å²) in [5.74, 6) is 0.226. The van der Waals surface area contributed by atoms with Crippen LogP contribution in [0.2, 0.25) is 0 Å². The largest absolute Gasteiger partial charge is 0.316 e. The van der Waals surface area contributed by atoms with Gasteiger partial charge in [-0.3, -0.25) is 4.79 Å². The first-order chi connectivity index (χ1) is 21.0. The van der Waals surface area contributed by atoms with Crippen molar-refractivity contribution in [3.8, 4) is 0 Å². The molecule has 0 spiro atoms. The van der Waals surface area contributed by atoms with Crippen LogP contribution in [0.1, 0.15) is 70.0 Å². The van der Waals surface area contributed by atoms with Crippen molar-refractivity contribution in [1.82, 2.24) is 14.0 Å². The van der Waals surface area contributed by atoms with Crippen LogP contribution < -0.4 is 0 Å². The highest BCUT2D eigenvalue weighted by Gasteiger charge is 2.44. The summed E-state index contributed by atoms with van der Waals surface area (Å²) in [6, 6.07) is 38.3. The topological polar surface area (TPSA) is 39.3 Å². The Labute approximate surface area is 253 Å². The number of aryl methyl sites for hydroxylation is 1. The molecule has 1 atom stereocenters. The fourth-order valence-corrected chi connectivity index (χ4v) is 7.49. The van der Waals surface area contributed by atoms with Crippen molar-refractivity contribution in [2.45, 2.75) is 52.0 Å². The predicted molar refractivity (Wildman–Crippen MR) is 173 cm³/mol. The molecule has 0 amide bonds. The van der Waals surface area contributed by atoms with Gasteiger partial charge in [-0.25, -0.2) is 4.98 Å². The Bertz CT molecular complexity index is 1820. The molecule has 1 aliphatic carbocycles. The second-order valence-corrected chi connectivity index (χ2v) is 12.1. The lowest BCUT2D eigenvalue weighted by Gasteiger charge is -2.38. The molecule has 0 saturated carbocycles. The normalized spacial score (nSPS) is 16.9. The third-order valence-corrected chi connectivity index (χ3v) is 9.71. The number of benzene rings is 3. The minimum atomic E-state index is -0.627. The number of carbonyl (C=O) groups is 1. The molecule has 43 heavy (non-hydrogen) atoms. The molecule has 214 valence electrons. The lowest BCUT2D eigenvalue weighted by atomic mass is 9.70. The molecule has 1 unspecified atom stereocenters. The van der Waals surface area contributed by atoms with Crippen molar-refractivity contribution in [3.05, 3.63) is 167 Å². The summed E-state index contributed by atoms with van der Waals surface area (Å²) in [6.07, 6.45) is 7.28. The average Bonchev–Trinajstić information content (AvgIpc) is 3.58. The molecule has 4 heteroatoms. The van der Waals surface area contributed by atoms with Crippen LogP contribution in [0.15, 0.2) is 122 Å². The SMILES string of the molecule is CCc1c2c(n3ccccc13)C(=O)C(C)(Cc1ncn(C(c3ccccc3)(c3ccccc3)c3ccccc3)c1C)CC2. The Morgan fingerprint density at radius 2 is 1.37 bits per heavy atom. The van der Waals surface area contributed by atoms with Gasteiger partial charge in [-0.05, 0) is 66.1 Å². The molecular weight excluding hydrogens is 526 g/mol. The van der Waals surface area contributed by atoms with Gasteiger partial charge < -0.3 is 8.97 Å². The van der Waals surface area contributed by atoms with E-state index < -0.39 is 11.0 Å². The number of nitrogens with zero attached hydrogens (tertiary/aromatic N) is 3. The van der Waals surface area contributed by atoms with Crippen molar-refractivity contribution in [3.63, 3.8) is 0 Å². The maximum Gasteiger partial charge on any atom is 0.186 e. The van der Waals surface area contributed by atoms with Crippen molar-refractivity contribution in [2.75, 3.05) is 0 Å². The monoisotopic (exact) mass is 563 g/mol. The molecule has 0 fully saturated rings. The highest BCUT2D eigenvalue weighted by atomic mass is 16.1. The summed E-state index contributed by atoms with van der Waals surface area (Å²) < 4.78 is 4.46. The van der Waals surface area contributed by atoms with Gasteiger partial charge in [0.25, 0.3) is 0 Å². The molecule has 0 saturated heterocycles. The van der Waals surface area contributed by atoms with Gasteiger partial charge in [0.05, 0.1) is 17.7 Å². The molecular formula is C39H37N3O. The molecule has 6 aromatic rings. The second kappa shape index (κ2) is 10.5. The van der Waals surface area contributed by atoms with E-state index in [1.54, 1.807) is 0 Å². The van der Waals surface area contributed by atoms with Crippen LogP contribution in [-0.2, 0) is 24.8 Å². The fraction of sp³-hybridized carbons (Fsp3) is 0.231. The summed E-state index contributed by atoms with van der Waals surface area (Å²) >= 11 is 0. The van der Waals surface area contributed by atoms with E-state index in [2.05, 4.69) is 133 Å². The maximum absolute atomic E-state index is 14.4. The molecule has 4 nitrogen and oxygen atoms in total. The van der Waals surface area contributed by atoms with Gasteiger partial charge in [0.1, 0.15) is 5.54 Å². The molecule has 0 N–H and O–H groups in total. The van der Waals surface area contributed by atoms with E-state index in [1.807, 2.05) is 18.6 Å². The van der Waals surface area contributed by atoms with Crippen LogP contribution in [0.25, 0.3) is 5.52 Å². The second-order valence-electron chi connectivity index (χ2n) is 12.1. The zero-order valence-corrected chi connectivity index (χ0v) is 25.1. The van der Waals surface area contributed by atoms with Crippen LogP contribution >= 0.6 is 0 Å². The number of aromatic nitrogens is 3. The van der Waals surface area contributed by atoms with Crippen molar-refractivity contribution in [2.24, 2.45) is 5.41 Å². The van der Waals surface area contributed by atoms with E-state index in [4.69, 9.17) is 4.98 Å². The van der Waals surface area contributed by atoms with E-state index in [1.165, 1.54) is 11.1 Å². The van der Waals surface area contributed by atoms with Gasteiger partial charge in [-0.1, -0.05) is 111 Å². The molecule has 0 aliphatic heterocycles. The van der Waals surface area contributed by atoms with Crippen molar-refractivity contribution < 1.29 is 4.79 Å². The van der Waals surface area contributed by atoms with Gasteiger partial charge in [0.15, 0.2) is 5.78 Å². The Kier molecular flexibility index (Phi) is 6.65. The molecule has 3 heterocycles. The number of rotatable bonds is 7. The van der Waals surface area contributed by atoms with Crippen LogP contribution in [0.5, 0.6) is 0 Å². The van der Waals surface area contributed by atoms with E-state index in [0.29, 0.717) is 6.42 Å². The van der Waals surface area contributed by atoms with Gasteiger partial charge in [-0.15, -0.1) is 0 Å². The fourth-order valence-electron chi connectivity index (χ4n) is 7.49. The first kappa shape index (κ1) is 27.2. The van der Waals surface area contributed by atoms with Crippen LogP contribution in [0.4, 0.5) is 0 Å². The van der Waals surface area contributed by atoms with Gasteiger partial charge >= 0.3 is 0 Å². The Hall–Kier alpha value is -4.70. The molecule has 3 aromatic heterocycles. The number of pyridine rings is 1. The first-order valence-electron chi connectivity index (χ1n) is 15.3. The summed E-state index contributed by atoms with van der Waals surface area (Å²) in [5.41, 5.74) is 8.94. The summed E-state index contributed by atoms with van der Waals surface area (Å²) in [4.78, 5) is 19.5. The predicted octanol–water partition coefficient (Wildman–Crippen LogP) is 8.22. The summed E-state index contributed by atoms with van der Waals surface area (Å²) in [7, 11) is 0. The zero-order valence-electron chi connectivity index (χ0n) is 25.1. The number of fused-ring (bicyclic) bond motifs is 3. The minimum absolute atomic E-state index is 0.226. The van der Waals surface area contributed by atoms with Gasteiger partial charge in [0.2, 0.25) is 0 Å². The van der Waals surface area contributed by atoms with E-state index in [0.717, 1.165) is 58.6 Å². The van der Waals surface area contributed by atoms with Crippen molar-refractivity contribution in [1.29, 1.82) is 0 Å². The Morgan fingerprint density at radius 1 is 0.814 bits per heavy atom.